The van der Waals surface area contributed by atoms with E-state index in [1.807, 2.05) is 20.8 Å². The summed E-state index contributed by atoms with van der Waals surface area (Å²) in [5.41, 5.74) is 7.70. The molecule has 3 heterocycles. The number of halogens is 1. The molecule has 1 aromatic carbocycles. The minimum atomic E-state index is -0.340. The Hall–Kier alpha value is -3.59. The Morgan fingerprint density at radius 3 is 2.59 bits per heavy atom. The number of nitrogens with one attached hydrogen (secondary N) is 2. The quantitative estimate of drug-likeness (QED) is 0.535. The number of aromatic nitrogens is 2. The number of nitrogens with two attached hydrogens (primary N) is 1. The van der Waals surface area contributed by atoms with Crippen molar-refractivity contribution in [3.63, 3.8) is 0 Å². The highest BCUT2D eigenvalue weighted by molar-refractivity contribution is 6.08. The number of carbonyl (C=O) groups excluding carboxylic acids is 2. The van der Waals surface area contributed by atoms with E-state index in [0.29, 0.717) is 34.2 Å². The monoisotopic (exact) mass is 439 g/mol. The Labute approximate surface area is 185 Å². The van der Waals surface area contributed by atoms with Crippen LogP contribution in [0.1, 0.15) is 31.1 Å². The van der Waals surface area contributed by atoms with Crippen LogP contribution >= 0.6 is 0 Å². The van der Waals surface area contributed by atoms with Crippen LogP contribution in [0.25, 0.3) is 22.2 Å². The van der Waals surface area contributed by atoms with Crippen molar-refractivity contribution in [3.05, 3.63) is 54.0 Å². The van der Waals surface area contributed by atoms with Crippen LogP contribution in [0.3, 0.4) is 0 Å². The maximum atomic E-state index is 13.5. The van der Waals surface area contributed by atoms with Crippen molar-refractivity contribution >= 4 is 29.1 Å². The molecule has 0 radical (unpaired) electrons. The summed E-state index contributed by atoms with van der Waals surface area (Å²) < 4.78 is 18.0. The summed E-state index contributed by atoms with van der Waals surface area (Å²) >= 11 is 0. The Kier molecular flexibility index (Phi) is 6.99. The van der Waals surface area contributed by atoms with E-state index >= 15 is 0 Å². The number of rotatable bonds is 4. The van der Waals surface area contributed by atoms with Gasteiger partial charge in [0.05, 0.1) is 17.3 Å². The second-order valence-electron chi connectivity index (χ2n) is 8.32. The second kappa shape index (κ2) is 9.69. The van der Waals surface area contributed by atoms with Crippen molar-refractivity contribution in [2.24, 2.45) is 0 Å². The van der Waals surface area contributed by atoms with E-state index in [1.54, 1.807) is 24.3 Å². The summed E-state index contributed by atoms with van der Waals surface area (Å²) in [6.45, 7) is 7.44. The zero-order chi connectivity index (χ0) is 23.3. The van der Waals surface area contributed by atoms with E-state index in [1.165, 1.54) is 18.3 Å². The predicted octanol–water partition coefficient (Wildman–Crippen LogP) is 2.68. The van der Waals surface area contributed by atoms with Crippen LogP contribution < -0.4 is 16.4 Å². The largest absolute Gasteiger partial charge is 0.462 e. The number of nitrogen functional groups attached to an aromatic ring is 1. The second-order valence-corrected chi connectivity index (χ2v) is 8.32. The molecular weight excluding hydrogens is 413 g/mol. The van der Waals surface area contributed by atoms with Gasteiger partial charge >= 0.3 is 0 Å². The molecule has 1 amide bonds. The molecule has 9 heteroatoms. The molecule has 0 spiro atoms. The normalized spacial score (nSPS) is 13.5. The minimum absolute atomic E-state index is 0.125. The van der Waals surface area contributed by atoms with Gasteiger partial charge in [0.2, 0.25) is 0 Å². The molecule has 3 aromatic rings. The summed E-state index contributed by atoms with van der Waals surface area (Å²) in [6, 6.07) is 9.80. The fourth-order valence-electron chi connectivity index (χ4n) is 2.92. The molecule has 1 saturated heterocycles. The Morgan fingerprint density at radius 2 is 2.03 bits per heavy atom. The third kappa shape index (κ3) is 5.76. The van der Waals surface area contributed by atoms with Crippen molar-refractivity contribution < 1.29 is 18.7 Å². The maximum Gasteiger partial charge on any atom is 0.293 e. The summed E-state index contributed by atoms with van der Waals surface area (Å²) in [6.07, 6.45) is 1.46. The van der Waals surface area contributed by atoms with Gasteiger partial charge in [0, 0.05) is 30.2 Å². The van der Waals surface area contributed by atoms with Crippen LogP contribution in [-0.4, -0.2) is 47.1 Å². The van der Waals surface area contributed by atoms with E-state index in [2.05, 4.69) is 25.3 Å². The summed E-state index contributed by atoms with van der Waals surface area (Å²) in [4.78, 5) is 30.7. The van der Waals surface area contributed by atoms with Crippen molar-refractivity contribution in [3.8, 4) is 11.3 Å². The fraction of sp³-hybridized carbons (Fsp3) is 0.304. The number of ether oxygens (including phenoxy) is 1. The molecule has 0 aliphatic carbocycles. The lowest BCUT2D eigenvalue weighted by Crippen LogP contribution is -2.56. The maximum absolute atomic E-state index is 13.5. The average molecular weight is 439 g/mol. The van der Waals surface area contributed by atoms with Gasteiger partial charge in [0.15, 0.2) is 0 Å². The first-order valence-corrected chi connectivity index (χ1v) is 10.1. The van der Waals surface area contributed by atoms with Crippen molar-refractivity contribution in [1.29, 1.82) is 0 Å². The first kappa shape index (κ1) is 23.1. The Bertz CT molecular complexity index is 1130. The van der Waals surface area contributed by atoms with E-state index in [-0.39, 0.29) is 29.2 Å². The highest BCUT2D eigenvalue weighted by Crippen LogP contribution is 2.26. The smallest absolute Gasteiger partial charge is 0.293 e. The van der Waals surface area contributed by atoms with Gasteiger partial charge in [-0.05, 0) is 45.0 Å². The molecule has 4 N–H and O–H groups in total. The lowest BCUT2D eigenvalue weighted by Gasteiger charge is -2.28. The molecule has 0 unspecified atom stereocenters. The molecule has 8 nitrogen and oxygen atoms in total. The number of amides is 1. The number of pyridine rings is 2. The van der Waals surface area contributed by atoms with Gasteiger partial charge in [-0.2, -0.15) is 0 Å². The lowest BCUT2D eigenvalue weighted by molar-refractivity contribution is -0.138. The van der Waals surface area contributed by atoms with Crippen molar-refractivity contribution in [1.82, 2.24) is 20.6 Å². The number of fused-ring (bicyclic) bond motifs is 1. The molecule has 168 valence electrons. The van der Waals surface area contributed by atoms with Gasteiger partial charge in [-0.25, -0.2) is 14.4 Å². The highest BCUT2D eigenvalue weighted by atomic mass is 19.1. The SMILES string of the molecule is CC(C)(C)OC=O.Nc1ncc(C(=O)NC2CNC2)c2ccc(-c3cccc(F)c3)nc12. The van der Waals surface area contributed by atoms with Crippen LogP contribution in [0.2, 0.25) is 0 Å². The predicted molar refractivity (Wildman–Crippen MR) is 120 cm³/mol. The van der Waals surface area contributed by atoms with Gasteiger partial charge in [-0.3, -0.25) is 9.59 Å². The summed E-state index contributed by atoms with van der Waals surface area (Å²) in [7, 11) is 0. The van der Waals surface area contributed by atoms with Crippen LogP contribution in [0.5, 0.6) is 0 Å². The number of carbonyl (C=O) groups is 2. The van der Waals surface area contributed by atoms with Crippen molar-refractivity contribution in [2.45, 2.75) is 32.4 Å². The number of anilines is 1. The molecule has 2 aromatic heterocycles. The average Bonchev–Trinajstić information content (AvgIpc) is 2.70. The number of hydrogen-bond acceptors (Lipinski definition) is 7. The molecule has 1 aliphatic heterocycles. The third-order valence-corrected chi connectivity index (χ3v) is 4.64. The number of benzene rings is 1. The number of hydrogen-bond donors (Lipinski definition) is 3. The number of nitrogens with zero attached hydrogens (tertiary/aromatic N) is 2. The zero-order valence-corrected chi connectivity index (χ0v) is 18.2. The zero-order valence-electron chi connectivity index (χ0n) is 18.2. The Morgan fingerprint density at radius 1 is 1.28 bits per heavy atom. The first-order valence-electron chi connectivity index (χ1n) is 10.1. The van der Waals surface area contributed by atoms with Gasteiger partial charge in [-0.1, -0.05) is 12.1 Å². The van der Waals surface area contributed by atoms with E-state index < -0.39 is 0 Å². The summed E-state index contributed by atoms with van der Waals surface area (Å²) in [5.74, 6) is -0.313. The first-order chi connectivity index (χ1) is 15.2. The van der Waals surface area contributed by atoms with E-state index in [9.17, 15) is 14.0 Å². The molecule has 32 heavy (non-hydrogen) atoms. The third-order valence-electron chi connectivity index (χ3n) is 4.64. The highest BCUT2D eigenvalue weighted by Gasteiger charge is 2.21. The molecular formula is C23H26FN5O3. The van der Waals surface area contributed by atoms with Crippen LogP contribution in [0, 0.1) is 5.82 Å². The molecule has 1 aliphatic rings. The minimum Gasteiger partial charge on any atom is -0.462 e. The van der Waals surface area contributed by atoms with Crippen LogP contribution in [0.4, 0.5) is 10.2 Å². The summed E-state index contributed by atoms with van der Waals surface area (Å²) in [5, 5.41) is 6.66. The topological polar surface area (TPSA) is 119 Å². The Balaban J connectivity index is 0.000000360. The van der Waals surface area contributed by atoms with Gasteiger partial charge in [0.25, 0.3) is 12.4 Å². The van der Waals surface area contributed by atoms with Gasteiger partial charge in [0.1, 0.15) is 22.8 Å². The van der Waals surface area contributed by atoms with E-state index in [4.69, 9.17) is 5.73 Å². The molecule has 4 rings (SSSR count). The van der Waals surface area contributed by atoms with Crippen LogP contribution in [-0.2, 0) is 9.53 Å². The van der Waals surface area contributed by atoms with Crippen LogP contribution in [0.15, 0.2) is 42.6 Å². The van der Waals surface area contributed by atoms with Gasteiger partial charge < -0.3 is 21.1 Å². The van der Waals surface area contributed by atoms with Crippen molar-refractivity contribution in [2.75, 3.05) is 18.8 Å². The van der Waals surface area contributed by atoms with E-state index in [0.717, 1.165) is 13.1 Å². The molecule has 0 bridgehead atoms. The van der Waals surface area contributed by atoms with Gasteiger partial charge in [-0.15, -0.1) is 0 Å². The standard InChI is InChI=1S/C18H16FN5O.C5H10O2/c19-11-3-1-2-10(6-11)15-5-4-13-14(9-22-17(20)16(13)24-15)18(25)23-12-7-21-8-12;1-5(2,3)7-4-6/h1-6,9,12,21H,7-8H2,(H2,20,22)(H,23,25);4H,1-3H3. The molecule has 0 saturated carbocycles. The lowest BCUT2D eigenvalue weighted by atomic mass is 10.1. The molecule has 0 atom stereocenters. The fourth-order valence-corrected chi connectivity index (χ4v) is 2.92. The molecule has 1 fully saturated rings.